The second-order valence-electron chi connectivity index (χ2n) is 8.55. The average Bonchev–Trinajstić information content (AvgIpc) is 3.34. The first-order chi connectivity index (χ1) is 16.1. The topological polar surface area (TPSA) is 104 Å². The first kappa shape index (κ1) is 21.1. The molecule has 0 aromatic carbocycles. The summed E-state index contributed by atoms with van der Waals surface area (Å²) in [7, 11) is 0. The van der Waals surface area contributed by atoms with Gasteiger partial charge in [0.2, 0.25) is 5.95 Å². The van der Waals surface area contributed by atoms with Crippen LogP contribution in [0.2, 0.25) is 0 Å². The molecule has 1 saturated heterocycles. The predicted octanol–water partition coefficient (Wildman–Crippen LogP) is 2.84. The van der Waals surface area contributed by atoms with E-state index in [4.69, 9.17) is 0 Å². The molecule has 0 saturated carbocycles. The van der Waals surface area contributed by atoms with Gasteiger partial charge in [0.05, 0.1) is 11.9 Å². The molecule has 0 bridgehead atoms. The molecule has 9 nitrogen and oxygen atoms in total. The van der Waals surface area contributed by atoms with Gasteiger partial charge in [-0.15, -0.1) is 0 Å². The summed E-state index contributed by atoms with van der Waals surface area (Å²) in [6, 6.07) is 9.75. The van der Waals surface area contributed by atoms with E-state index in [9.17, 15) is 4.79 Å². The van der Waals surface area contributed by atoms with Crippen molar-refractivity contribution in [1.29, 1.82) is 0 Å². The summed E-state index contributed by atoms with van der Waals surface area (Å²) in [5.41, 5.74) is 3.39. The molecule has 33 heavy (non-hydrogen) atoms. The van der Waals surface area contributed by atoms with E-state index >= 15 is 0 Å². The highest BCUT2D eigenvalue weighted by Crippen LogP contribution is 2.21. The highest BCUT2D eigenvalue weighted by Gasteiger charge is 2.15. The lowest BCUT2D eigenvalue weighted by atomic mass is 10.1. The van der Waals surface area contributed by atoms with E-state index in [1.165, 1.54) is 0 Å². The van der Waals surface area contributed by atoms with E-state index in [1.807, 2.05) is 50.5 Å². The van der Waals surface area contributed by atoms with E-state index in [-0.39, 0.29) is 11.6 Å². The summed E-state index contributed by atoms with van der Waals surface area (Å²) in [5.74, 6) is 1.07. The zero-order valence-electron chi connectivity index (χ0n) is 18.9. The minimum absolute atomic E-state index is 0.0322. The summed E-state index contributed by atoms with van der Waals surface area (Å²) < 4.78 is 1.74. The Morgan fingerprint density at radius 1 is 1.12 bits per heavy atom. The highest BCUT2D eigenvalue weighted by atomic mass is 16.1. The standard InChI is InChI=1S/C24H28N8O/c1-16(2)32-22-18(12-17(23(32)33)13-19-4-3-7-26-19)14-28-24(30-22)29-21-6-5-20(15-27-21)31-10-8-25-9-11-31/h3-7,12,14-16,25-26H,8-11,13H2,1-2H3,(H,27,28,29,30). The molecule has 1 aliphatic heterocycles. The molecule has 1 aliphatic rings. The molecule has 0 radical (unpaired) electrons. The molecule has 9 heteroatoms. The number of nitrogens with zero attached hydrogens (tertiary/aromatic N) is 5. The van der Waals surface area contributed by atoms with E-state index in [0.29, 0.717) is 29.4 Å². The fourth-order valence-electron chi connectivity index (χ4n) is 4.21. The van der Waals surface area contributed by atoms with Crippen molar-refractivity contribution in [3.63, 3.8) is 0 Å². The van der Waals surface area contributed by atoms with Crippen LogP contribution in [0, 0.1) is 0 Å². The molecule has 4 aromatic heterocycles. The molecule has 5 heterocycles. The van der Waals surface area contributed by atoms with Crippen molar-refractivity contribution >= 4 is 28.5 Å². The van der Waals surface area contributed by atoms with Crippen molar-refractivity contribution in [2.45, 2.75) is 26.3 Å². The van der Waals surface area contributed by atoms with Crippen molar-refractivity contribution in [3.8, 4) is 0 Å². The molecular formula is C24H28N8O. The maximum Gasteiger partial charge on any atom is 0.256 e. The lowest BCUT2D eigenvalue weighted by Gasteiger charge is -2.29. The molecule has 170 valence electrons. The van der Waals surface area contributed by atoms with Gasteiger partial charge in [-0.1, -0.05) is 0 Å². The Kier molecular flexibility index (Phi) is 5.78. The van der Waals surface area contributed by atoms with Crippen LogP contribution in [0.25, 0.3) is 11.0 Å². The molecule has 1 fully saturated rings. The molecule has 0 atom stereocenters. The van der Waals surface area contributed by atoms with E-state index < -0.39 is 0 Å². The highest BCUT2D eigenvalue weighted by molar-refractivity contribution is 5.76. The fourth-order valence-corrected chi connectivity index (χ4v) is 4.21. The van der Waals surface area contributed by atoms with Gasteiger partial charge >= 0.3 is 0 Å². The van der Waals surface area contributed by atoms with Gasteiger partial charge < -0.3 is 20.5 Å². The predicted molar refractivity (Wildman–Crippen MR) is 130 cm³/mol. The summed E-state index contributed by atoms with van der Waals surface area (Å²) in [4.78, 5) is 32.4. The van der Waals surface area contributed by atoms with Crippen LogP contribution >= 0.6 is 0 Å². The summed E-state index contributed by atoms with van der Waals surface area (Å²) in [6.07, 6.45) is 6.03. The summed E-state index contributed by atoms with van der Waals surface area (Å²) in [6.45, 7) is 7.89. The minimum atomic E-state index is -0.0391. The van der Waals surface area contributed by atoms with Crippen LogP contribution in [0.5, 0.6) is 0 Å². The van der Waals surface area contributed by atoms with Crippen LogP contribution in [0.15, 0.2) is 53.7 Å². The van der Waals surface area contributed by atoms with E-state index in [2.05, 4.69) is 41.5 Å². The van der Waals surface area contributed by atoms with Crippen molar-refractivity contribution in [1.82, 2.24) is 29.8 Å². The van der Waals surface area contributed by atoms with Crippen LogP contribution < -0.4 is 21.1 Å². The number of aromatic amines is 1. The number of hydrogen-bond donors (Lipinski definition) is 3. The SMILES string of the molecule is CC(C)n1c(=O)c(Cc2ccc[nH]2)cc2cnc(Nc3ccc(N4CCNCC4)cn3)nc21. The number of anilines is 3. The zero-order valence-corrected chi connectivity index (χ0v) is 18.9. The van der Waals surface area contributed by atoms with Crippen molar-refractivity contribution in [2.24, 2.45) is 0 Å². The monoisotopic (exact) mass is 444 g/mol. The van der Waals surface area contributed by atoms with Crippen LogP contribution in [-0.4, -0.2) is 50.7 Å². The molecule has 0 spiro atoms. The van der Waals surface area contributed by atoms with Gasteiger partial charge in [-0.05, 0) is 44.2 Å². The minimum Gasteiger partial charge on any atom is -0.368 e. The molecule has 0 amide bonds. The second-order valence-corrected chi connectivity index (χ2v) is 8.55. The Labute approximate surface area is 191 Å². The second kappa shape index (κ2) is 9.03. The first-order valence-corrected chi connectivity index (χ1v) is 11.3. The molecule has 5 rings (SSSR count). The maximum atomic E-state index is 13.3. The average molecular weight is 445 g/mol. The van der Waals surface area contributed by atoms with Gasteiger partial charge in [0.1, 0.15) is 11.5 Å². The Morgan fingerprint density at radius 3 is 2.67 bits per heavy atom. The number of H-pyrrole nitrogens is 1. The van der Waals surface area contributed by atoms with E-state index in [0.717, 1.165) is 42.9 Å². The Morgan fingerprint density at radius 2 is 1.97 bits per heavy atom. The van der Waals surface area contributed by atoms with Crippen molar-refractivity contribution in [2.75, 3.05) is 36.4 Å². The number of fused-ring (bicyclic) bond motifs is 1. The quantitative estimate of drug-likeness (QED) is 0.420. The maximum absolute atomic E-state index is 13.3. The Hall–Kier alpha value is -3.72. The van der Waals surface area contributed by atoms with Crippen molar-refractivity contribution < 1.29 is 0 Å². The number of nitrogens with one attached hydrogen (secondary N) is 3. The zero-order chi connectivity index (χ0) is 22.8. The van der Waals surface area contributed by atoms with Crippen LogP contribution in [0.3, 0.4) is 0 Å². The lowest BCUT2D eigenvalue weighted by molar-refractivity contribution is 0.589. The van der Waals surface area contributed by atoms with Gasteiger partial charge in [0.15, 0.2) is 0 Å². The third-order valence-electron chi connectivity index (χ3n) is 5.88. The Balaban J connectivity index is 1.44. The lowest BCUT2D eigenvalue weighted by Crippen LogP contribution is -2.43. The number of hydrogen-bond acceptors (Lipinski definition) is 7. The third kappa shape index (κ3) is 4.45. The number of rotatable bonds is 6. The van der Waals surface area contributed by atoms with E-state index in [1.54, 1.807) is 10.8 Å². The number of pyridine rings is 2. The van der Waals surface area contributed by atoms with Gasteiger partial charge in [-0.2, -0.15) is 4.98 Å². The van der Waals surface area contributed by atoms with Gasteiger partial charge in [-0.3, -0.25) is 9.36 Å². The molecular weight excluding hydrogens is 416 g/mol. The third-order valence-corrected chi connectivity index (χ3v) is 5.88. The van der Waals surface area contributed by atoms with Crippen LogP contribution in [0.4, 0.5) is 17.5 Å². The van der Waals surface area contributed by atoms with Crippen molar-refractivity contribution in [3.05, 3.63) is 70.5 Å². The molecule has 0 aliphatic carbocycles. The molecule has 3 N–H and O–H groups in total. The van der Waals surface area contributed by atoms with Gasteiger partial charge in [0, 0.05) is 67.7 Å². The summed E-state index contributed by atoms with van der Waals surface area (Å²) in [5, 5.41) is 7.37. The van der Waals surface area contributed by atoms with Crippen LogP contribution in [-0.2, 0) is 6.42 Å². The number of piperazine rings is 1. The molecule has 4 aromatic rings. The van der Waals surface area contributed by atoms with Crippen LogP contribution in [0.1, 0.15) is 31.1 Å². The molecule has 0 unspecified atom stereocenters. The largest absolute Gasteiger partial charge is 0.368 e. The first-order valence-electron chi connectivity index (χ1n) is 11.3. The normalized spacial score (nSPS) is 14.2. The Bertz CT molecular complexity index is 1290. The summed E-state index contributed by atoms with van der Waals surface area (Å²) >= 11 is 0. The van der Waals surface area contributed by atoms with Gasteiger partial charge in [0.25, 0.3) is 5.56 Å². The fraction of sp³-hybridized carbons (Fsp3) is 0.333. The van der Waals surface area contributed by atoms with Gasteiger partial charge in [-0.25, -0.2) is 9.97 Å². The smallest absolute Gasteiger partial charge is 0.256 e. The number of aromatic nitrogens is 5.